The van der Waals surface area contributed by atoms with E-state index in [4.69, 9.17) is 11.6 Å². The van der Waals surface area contributed by atoms with Crippen molar-refractivity contribution in [1.82, 2.24) is 14.9 Å². The number of anilines is 1. The van der Waals surface area contributed by atoms with Gasteiger partial charge in [0.25, 0.3) is 0 Å². The number of nitrogens with one attached hydrogen (secondary N) is 1. The van der Waals surface area contributed by atoms with Crippen LogP contribution in [0.25, 0.3) is 0 Å². The second-order valence-electron chi connectivity index (χ2n) is 3.19. The minimum Gasteiger partial charge on any atom is -0.360 e. The Labute approximate surface area is 97.6 Å². The summed E-state index contributed by atoms with van der Waals surface area (Å²) in [6.45, 7) is 0.0428. The Hall–Kier alpha value is -1.69. The predicted molar refractivity (Wildman–Crippen MR) is 59.6 cm³/mol. The Morgan fingerprint density at radius 3 is 2.81 bits per heavy atom. The summed E-state index contributed by atoms with van der Waals surface area (Å²) in [5, 5.41) is 2.79. The number of likely N-dealkylation sites (N-methyl/N-ethyl adjacent to an activating group) is 1. The molecule has 0 aliphatic carbocycles. The normalized spacial score (nSPS) is 9.69. The van der Waals surface area contributed by atoms with Crippen LogP contribution < -0.4 is 5.32 Å². The van der Waals surface area contributed by atoms with Gasteiger partial charge >= 0.3 is 0 Å². The van der Waals surface area contributed by atoms with Crippen LogP contribution in [0.2, 0.25) is 5.15 Å². The van der Waals surface area contributed by atoms with Crippen molar-refractivity contribution in [3.63, 3.8) is 0 Å². The van der Waals surface area contributed by atoms with Gasteiger partial charge in [0.05, 0.1) is 12.1 Å². The van der Waals surface area contributed by atoms with Crippen molar-refractivity contribution in [2.75, 3.05) is 26.0 Å². The number of hydrogen-bond donors (Lipinski definition) is 1. The van der Waals surface area contributed by atoms with Crippen molar-refractivity contribution >= 4 is 29.6 Å². The van der Waals surface area contributed by atoms with Crippen LogP contribution in [0.3, 0.4) is 0 Å². The minimum absolute atomic E-state index is 0.0428. The summed E-state index contributed by atoms with van der Waals surface area (Å²) >= 11 is 5.69. The Kier molecular flexibility index (Phi) is 4.19. The van der Waals surface area contributed by atoms with Crippen molar-refractivity contribution in [1.29, 1.82) is 0 Å². The van der Waals surface area contributed by atoms with Crippen LogP contribution in [-0.4, -0.2) is 47.7 Å². The highest BCUT2D eigenvalue weighted by Gasteiger charge is 2.10. The van der Waals surface area contributed by atoms with E-state index in [2.05, 4.69) is 15.3 Å². The van der Waals surface area contributed by atoms with Gasteiger partial charge in [-0.25, -0.2) is 9.97 Å². The smallest absolute Gasteiger partial charge is 0.241 e. The number of aldehydes is 1. The Balaban J connectivity index is 2.78. The van der Waals surface area contributed by atoms with E-state index >= 15 is 0 Å². The fourth-order valence-corrected chi connectivity index (χ4v) is 1.11. The standard InChI is InChI=1S/C9H11ClN4O2/c1-14(2)7(16)3-11-9-6(4-15)8(10)12-5-13-9/h4-5H,3H2,1-2H3,(H,11,12,13). The average Bonchev–Trinajstić information content (AvgIpc) is 2.25. The van der Waals surface area contributed by atoms with Gasteiger partial charge in [-0.3, -0.25) is 9.59 Å². The van der Waals surface area contributed by atoms with E-state index in [1.165, 1.54) is 11.2 Å². The third kappa shape index (κ3) is 2.90. The fraction of sp³-hybridized carbons (Fsp3) is 0.333. The molecule has 16 heavy (non-hydrogen) atoms. The zero-order valence-corrected chi connectivity index (χ0v) is 9.65. The first-order chi connectivity index (χ1) is 7.56. The van der Waals surface area contributed by atoms with Crippen molar-refractivity contribution in [2.45, 2.75) is 0 Å². The summed E-state index contributed by atoms with van der Waals surface area (Å²) in [5.74, 6) is 0.122. The zero-order valence-electron chi connectivity index (χ0n) is 8.90. The highest BCUT2D eigenvalue weighted by Crippen LogP contribution is 2.16. The first-order valence-corrected chi connectivity index (χ1v) is 4.83. The molecule has 1 aromatic heterocycles. The zero-order chi connectivity index (χ0) is 12.1. The molecule has 0 saturated heterocycles. The van der Waals surface area contributed by atoms with Crippen LogP contribution >= 0.6 is 11.6 Å². The maximum Gasteiger partial charge on any atom is 0.241 e. The highest BCUT2D eigenvalue weighted by molar-refractivity contribution is 6.32. The van der Waals surface area contributed by atoms with Gasteiger partial charge in [-0.05, 0) is 0 Å². The van der Waals surface area contributed by atoms with Crippen LogP contribution in [-0.2, 0) is 4.79 Å². The largest absolute Gasteiger partial charge is 0.360 e. The first-order valence-electron chi connectivity index (χ1n) is 4.46. The number of nitrogens with zero attached hydrogens (tertiary/aromatic N) is 3. The molecule has 0 aliphatic heterocycles. The lowest BCUT2D eigenvalue weighted by Crippen LogP contribution is -2.29. The molecule has 7 heteroatoms. The molecule has 0 fully saturated rings. The molecule has 0 spiro atoms. The average molecular weight is 243 g/mol. The third-order valence-corrected chi connectivity index (χ3v) is 2.16. The molecule has 0 bridgehead atoms. The summed E-state index contributed by atoms with van der Waals surface area (Å²) in [6.07, 6.45) is 1.77. The second-order valence-corrected chi connectivity index (χ2v) is 3.54. The molecule has 86 valence electrons. The lowest BCUT2D eigenvalue weighted by molar-refractivity contribution is -0.126. The van der Waals surface area contributed by atoms with Crippen LogP contribution in [0, 0.1) is 0 Å². The van der Waals surface area contributed by atoms with Crippen molar-refractivity contribution in [3.8, 4) is 0 Å². The monoisotopic (exact) mass is 242 g/mol. The maximum atomic E-state index is 11.3. The van der Waals surface area contributed by atoms with E-state index in [1.807, 2.05) is 0 Å². The molecule has 0 aromatic carbocycles. The lowest BCUT2D eigenvalue weighted by atomic mass is 10.3. The quantitative estimate of drug-likeness (QED) is 0.613. The van der Waals surface area contributed by atoms with Crippen LogP contribution in [0.4, 0.5) is 5.82 Å². The minimum atomic E-state index is -0.133. The number of rotatable bonds is 4. The summed E-state index contributed by atoms with van der Waals surface area (Å²) in [4.78, 5) is 30.9. The predicted octanol–water partition coefficient (Wildman–Crippen LogP) is 0.443. The molecule has 0 unspecified atom stereocenters. The molecule has 1 heterocycles. The summed E-state index contributed by atoms with van der Waals surface area (Å²) in [6, 6.07) is 0. The van der Waals surface area contributed by atoms with E-state index in [-0.39, 0.29) is 29.0 Å². The van der Waals surface area contributed by atoms with Gasteiger partial charge in [-0.1, -0.05) is 11.6 Å². The van der Waals surface area contributed by atoms with Crippen LogP contribution in [0.5, 0.6) is 0 Å². The molecule has 0 aliphatic rings. The van der Waals surface area contributed by atoms with Gasteiger partial charge in [0.15, 0.2) is 6.29 Å². The molecule has 0 atom stereocenters. The third-order valence-electron chi connectivity index (χ3n) is 1.86. The summed E-state index contributed by atoms with van der Waals surface area (Å²) in [7, 11) is 3.27. The fourth-order valence-electron chi connectivity index (χ4n) is 0.937. The summed E-state index contributed by atoms with van der Waals surface area (Å²) < 4.78 is 0. The van der Waals surface area contributed by atoms with Gasteiger partial charge in [-0.2, -0.15) is 0 Å². The molecule has 0 radical (unpaired) electrons. The molecular weight excluding hydrogens is 232 g/mol. The first kappa shape index (κ1) is 12.4. The summed E-state index contributed by atoms with van der Waals surface area (Å²) in [5.41, 5.74) is 0.149. The SMILES string of the molecule is CN(C)C(=O)CNc1ncnc(Cl)c1C=O. The Bertz CT molecular complexity index is 408. The number of carbonyl (C=O) groups is 2. The van der Waals surface area contributed by atoms with Crippen molar-refractivity contribution in [3.05, 3.63) is 17.0 Å². The topological polar surface area (TPSA) is 75.2 Å². The second kappa shape index (κ2) is 5.41. The molecule has 1 aromatic rings. The van der Waals surface area contributed by atoms with Gasteiger partial charge < -0.3 is 10.2 Å². The molecule has 0 saturated carbocycles. The Morgan fingerprint density at radius 1 is 1.56 bits per heavy atom. The van der Waals surface area contributed by atoms with Crippen molar-refractivity contribution < 1.29 is 9.59 Å². The van der Waals surface area contributed by atoms with Gasteiger partial charge in [0.1, 0.15) is 17.3 Å². The lowest BCUT2D eigenvalue weighted by Gasteiger charge is -2.12. The molecule has 6 nitrogen and oxygen atoms in total. The van der Waals surface area contributed by atoms with E-state index in [9.17, 15) is 9.59 Å². The highest BCUT2D eigenvalue weighted by atomic mass is 35.5. The number of carbonyl (C=O) groups excluding carboxylic acids is 2. The number of hydrogen-bond acceptors (Lipinski definition) is 5. The van der Waals surface area contributed by atoms with Gasteiger partial charge in [0.2, 0.25) is 5.91 Å². The number of amides is 1. The Morgan fingerprint density at radius 2 is 2.25 bits per heavy atom. The molecule has 1 N–H and O–H groups in total. The van der Waals surface area contributed by atoms with E-state index in [0.29, 0.717) is 6.29 Å². The van der Waals surface area contributed by atoms with Gasteiger partial charge in [0, 0.05) is 14.1 Å². The van der Waals surface area contributed by atoms with Gasteiger partial charge in [-0.15, -0.1) is 0 Å². The molecule has 1 amide bonds. The molecular formula is C9H11ClN4O2. The van der Waals surface area contributed by atoms with Crippen LogP contribution in [0.15, 0.2) is 6.33 Å². The number of halogens is 1. The van der Waals surface area contributed by atoms with Crippen molar-refractivity contribution in [2.24, 2.45) is 0 Å². The van der Waals surface area contributed by atoms with Crippen LogP contribution in [0.1, 0.15) is 10.4 Å². The maximum absolute atomic E-state index is 11.3. The van der Waals surface area contributed by atoms with E-state index < -0.39 is 0 Å². The number of aromatic nitrogens is 2. The van der Waals surface area contributed by atoms with E-state index in [1.54, 1.807) is 14.1 Å². The van der Waals surface area contributed by atoms with E-state index in [0.717, 1.165) is 0 Å². The molecule has 1 rings (SSSR count).